The Kier molecular flexibility index (Phi) is 6.95. The molecule has 1 saturated heterocycles. The average Bonchev–Trinajstić information content (AvgIpc) is 3.45. The molecule has 37 heavy (non-hydrogen) atoms. The van der Waals surface area contributed by atoms with Gasteiger partial charge in [-0.3, -0.25) is 9.69 Å². The van der Waals surface area contributed by atoms with E-state index in [0.29, 0.717) is 36.5 Å². The van der Waals surface area contributed by atoms with Crippen molar-refractivity contribution in [2.75, 3.05) is 13.1 Å². The Balaban J connectivity index is 1.51. The van der Waals surface area contributed by atoms with Crippen molar-refractivity contribution in [2.24, 2.45) is 5.73 Å². The zero-order chi connectivity index (χ0) is 26.0. The Bertz CT molecular complexity index is 1430. The number of likely N-dealkylation sites (tertiary alicyclic amines) is 1. The summed E-state index contributed by atoms with van der Waals surface area (Å²) in [6.07, 6.45) is 1.32. The number of carboxylic acid groups (broad SMARTS) is 1. The van der Waals surface area contributed by atoms with E-state index in [4.69, 9.17) is 14.9 Å². The number of hydrogen-bond acceptors (Lipinski definition) is 5. The summed E-state index contributed by atoms with van der Waals surface area (Å²) in [5, 5.41) is 10.0. The maximum Gasteiger partial charge on any atom is 0.307 e. The fourth-order valence-corrected chi connectivity index (χ4v) is 4.83. The van der Waals surface area contributed by atoms with Crippen LogP contribution in [-0.2, 0) is 30.9 Å². The molecule has 0 unspecified atom stereocenters. The fourth-order valence-electron chi connectivity index (χ4n) is 4.83. The van der Waals surface area contributed by atoms with Crippen LogP contribution in [0.1, 0.15) is 28.7 Å². The number of halogens is 2. The molecule has 3 aromatic carbocycles. The van der Waals surface area contributed by atoms with Gasteiger partial charge in [-0.15, -0.1) is 0 Å². The molecule has 3 N–H and O–H groups in total. The van der Waals surface area contributed by atoms with Crippen LogP contribution in [-0.4, -0.2) is 35.0 Å². The summed E-state index contributed by atoms with van der Waals surface area (Å²) < 4.78 is 39.7. The zero-order valence-electron chi connectivity index (χ0n) is 20.3. The second-order valence-corrected chi connectivity index (χ2v) is 9.46. The number of alkyl halides is 2. The number of nitrogens with two attached hydrogens (primary N) is 1. The molecule has 192 valence electrons. The van der Waals surface area contributed by atoms with Crippen molar-refractivity contribution < 1.29 is 27.8 Å². The Morgan fingerprint density at radius 2 is 1.89 bits per heavy atom. The highest BCUT2D eigenvalue weighted by molar-refractivity contribution is 5.89. The first-order valence-electron chi connectivity index (χ1n) is 12.2. The van der Waals surface area contributed by atoms with Gasteiger partial charge >= 0.3 is 5.97 Å². The van der Waals surface area contributed by atoms with Gasteiger partial charge < -0.3 is 20.0 Å². The lowest BCUT2D eigenvalue weighted by molar-refractivity contribution is -0.136. The standard InChI is InChI=1S/C29H28F2N2O4/c30-29(31)8-9-33(18-29)15-23-11-22(20-6-3-4-19(10-20)14-32)12-25-24(17-37-28(23)25)16-36-26-7-2-1-5-21(26)13-27(34)35/h1-7,10-12,17H,8-9,13-16,18,32H2,(H,34,35). The van der Waals surface area contributed by atoms with Crippen LogP contribution in [0.5, 0.6) is 5.75 Å². The first-order valence-corrected chi connectivity index (χ1v) is 12.2. The van der Waals surface area contributed by atoms with E-state index < -0.39 is 11.9 Å². The summed E-state index contributed by atoms with van der Waals surface area (Å²) in [6, 6.07) is 19.0. The molecule has 0 bridgehead atoms. The quantitative estimate of drug-likeness (QED) is 0.307. The monoisotopic (exact) mass is 506 g/mol. The minimum Gasteiger partial charge on any atom is -0.488 e. The number of para-hydroxylation sites is 1. The van der Waals surface area contributed by atoms with Crippen molar-refractivity contribution in [3.63, 3.8) is 0 Å². The molecule has 1 aliphatic heterocycles. The van der Waals surface area contributed by atoms with Crippen LogP contribution in [0.2, 0.25) is 0 Å². The number of fused-ring (bicyclic) bond motifs is 1. The van der Waals surface area contributed by atoms with E-state index in [0.717, 1.165) is 33.2 Å². The summed E-state index contributed by atoms with van der Waals surface area (Å²) in [6.45, 7) is 0.951. The lowest BCUT2D eigenvalue weighted by Gasteiger charge is -2.17. The normalized spacial score (nSPS) is 15.3. The van der Waals surface area contributed by atoms with E-state index in [1.54, 1.807) is 35.4 Å². The molecule has 0 amide bonds. The van der Waals surface area contributed by atoms with Gasteiger partial charge in [-0.25, -0.2) is 8.78 Å². The SMILES string of the molecule is NCc1cccc(-c2cc(CN3CCC(F)(F)C3)c3occ(COc4ccccc4CC(=O)O)c3c2)c1. The largest absolute Gasteiger partial charge is 0.488 e. The number of aliphatic carboxylic acids is 1. The molecule has 0 radical (unpaired) electrons. The van der Waals surface area contributed by atoms with Crippen molar-refractivity contribution in [3.05, 3.63) is 89.2 Å². The smallest absolute Gasteiger partial charge is 0.307 e. The van der Waals surface area contributed by atoms with Crippen LogP contribution in [0.15, 0.2) is 71.3 Å². The Morgan fingerprint density at radius 1 is 1.05 bits per heavy atom. The second kappa shape index (κ2) is 10.3. The number of rotatable bonds is 9. The van der Waals surface area contributed by atoms with Gasteiger partial charge in [0.05, 0.1) is 19.2 Å². The van der Waals surface area contributed by atoms with E-state index in [-0.39, 0.29) is 26.0 Å². The molecule has 5 rings (SSSR count). The molecule has 8 heteroatoms. The topological polar surface area (TPSA) is 88.9 Å². The molecule has 1 aliphatic rings. The van der Waals surface area contributed by atoms with E-state index in [1.165, 1.54) is 0 Å². The van der Waals surface area contributed by atoms with Gasteiger partial charge in [0.25, 0.3) is 5.92 Å². The third-order valence-electron chi connectivity index (χ3n) is 6.67. The highest BCUT2D eigenvalue weighted by Gasteiger charge is 2.38. The van der Waals surface area contributed by atoms with Crippen LogP contribution < -0.4 is 10.5 Å². The first-order chi connectivity index (χ1) is 17.8. The van der Waals surface area contributed by atoms with Crippen LogP contribution in [0.25, 0.3) is 22.1 Å². The Labute approximate surface area is 213 Å². The van der Waals surface area contributed by atoms with Gasteiger partial charge in [0.1, 0.15) is 17.9 Å². The third kappa shape index (κ3) is 5.65. The predicted molar refractivity (Wildman–Crippen MR) is 136 cm³/mol. The van der Waals surface area contributed by atoms with Crippen molar-refractivity contribution in [3.8, 4) is 16.9 Å². The number of ether oxygens (including phenoxy) is 1. The molecule has 0 aliphatic carbocycles. The molecular weight excluding hydrogens is 478 g/mol. The summed E-state index contributed by atoms with van der Waals surface area (Å²) in [4.78, 5) is 13.0. The van der Waals surface area contributed by atoms with Crippen LogP contribution in [0.3, 0.4) is 0 Å². The summed E-state index contributed by atoms with van der Waals surface area (Å²) in [7, 11) is 0. The van der Waals surface area contributed by atoms with Gasteiger partial charge in [0.2, 0.25) is 0 Å². The molecular formula is C29H28F2N2O4. The number of hydrogen-bond donors (Lipinski definition) is 2. The Hall–Kier alpha value is -3.75. The average molecular weight is 507 g/mol. The molecule has 0 spiro atoms. The molecule has 0 atom stereocenters. The van der Waals surface area contributed by atoms with E-state index in [9.17, 15) is 18.7 Å². The zero-order valence-corrected chi connectivity index (χ0v) is 20.3. The first kappa shape index (κ1) is 24.9. The van der Waals surface area contributed by atoms with Crippen molar-refractivity contribution >= 4 is 16.9 Å². The molecule has 2 heterocycles. The molecule has 0 saturated carbocycles. The lowest BCUT2D eigenvalue weighted by atomic mass is 9.97. The van der Waals surface area contributed by atoms with Gasteiger partial charge in [-0.2, -0.15) is 0 Å². The molecule has 1 aromatic heterocycles. The summed E-state index contributed by atoms with van der Waals surface area (Å²) in [5.74, 6) is -3.13. The molecule has 6 nitrogen and oxygen atoms in total. The van der Waals surface area contributed by atoms with Crippen LogP contribution in [0, 0.1) is 0 Å². The maximum absolute atomic E-state index is 13.9. The summed E-state index contributed by atoms with van der Waals surface area (Å²) in [5.41, 5.74) is 11.6. The van der Waals surface area contributed by atoms with Crippen molar-refractivity contribution in [2.45, 2.75) is 38.5 Å². The van der Waals surface area contributed by atoms with E-state index >= 15 is 0 Å². The minimum absolute atomic E-state index is 0.144. The number of nitrogens with zero attached hydrogens (tertiary/aromatic N) is 1. The van der Waals surface area contributed by atoms with E-state index in [2.05, 4.69) is 0 Å². The van der Waals surface area contributed by atoms with Gasteiger partial charge in [0.15, 0.2) is 0 Å². The van der Waals surface area contributed by atoms with Crippen molar-refractivity contribution in [1.82, 2.24) is 4.90 Å². The second-order valence-electron chi connectivity index (χ2n) is 9.46. The fraction of sp³-hybridized carbons (Fsp3) is 0.276. The summed E-state index contributed by atoms with van der Waals surface area (Å²) >= 11 is 0. The maximum atomic E-state index is 13.9. The minimum atomic E-state index is -2.68. The van der Waals surface area contributed by atoms with Gasteiger partial charge in [0, 0.05) is 48.1 Å². The molecule has 4 aromatic rings. The van der Waals surface area contributed by atoms with Gasteiger partial charge in [-0.05, 0) is 41.0 Å². The third-order valence-corrected chi connectivity index (χ3v) is 6.67. The van der Waals surface area contributed by atoms with Crippen molar-refractivity contribution in [1.29, 1.82) is 0 Å². The Morgan fingerprint density at radius 3 is 2.65 bits per heavy atom. The van der Waals surface area contributed by atoms with Crippen LogP contribution >= 0.6 is 0 Å². The number of carbonyl (C=O) groups is 1. The predicted octanol–water partition coefficient (Wildman–Crippen LogP) is 5.61. The molecule has 1 fully saturated rings. The van der Waals surface area contributed by atoms with Gasteiger partial charge in [-0.1, -0.05) is 36.4 Å². The number of carboxylic acids is 1. The highest BCUT2D eigenvalue weighted by Crippen LogP contribution is 2.35. The highest BCUT2D eigenvalue weighted by atomic mass is 19.3. The van der Waals surface area contributed by atoms with E-state index in [1.807, 2.05) is 36.4 Å². The number of benzene rings is 3. The number of furan rings is 1. The van der Waals surface area contributed by atoms with Crippen LogP contribution in [0.4, 0.5) is 8.78 Å². The lowest BCUT2D eigenvalue weighted by Crippen LogP contribution is -2.24.